The number of rotatable bonds is 9. The topological polar surface area (TPSA) is 30.5 Å². The molecule has 0 saturated heterocycles. The molecule has 1 N–H and O–H groups in total. The highest BCUT2D eigenvalue weighted by Gasteiger charge is 2.16. The number of halogens is 1. The summed E-state index contributed by atoms with van der Waals surface area (Å²) in [6.45, 7) is 10.5. The fraction of sp³-hybridized carbons (Fsp3) is 0.429. The predicted octanol–water partition coefficient (Wildman–Crippen LogP) is 5.71. The van der Waals surface area contributed by atoms with E-state index in [0.717, 1.165) is 34.5 Å². The van der Waals surface area contributed by atoms with Gasteiger partial charge in [-0.1, -0.05) is 37.3 Å². The van der Waals surface area contributed by atoms with Crippen LogP contribution in [0.2, 0.25) is 0 Å². The van der Waals surface area contributed by atoms with Crippen LogP contribution in [0.4, 0.5) is 0 Å². The minimum Gasteiger partial charge on any atom is -0.490 e. The van der Waals surface area contributed by atoms with Gasteiger partial charge in [-0.05, 0) is 66.4 Å². The lowest BCUT2D eigenvalue weighted by Crippen LogP contribution is -2.37. The molecule has 0 aromatic heterocycles. The van der Waals surface area contributed by atoms with Gasteiger partial charge >= 0.3 is 0 Å². The molecular weight excluding hydrogens is 378 g/mol. The highest BCUT2D eigenvalue weighted by atomic mass is 79.9. The summed E-state index contributed by atoms with van der Waals surface area (Å²) in [4.78, 5) is 0. The lowest BCUT2D eigenvalue weighted by molar-refractivity contribution is 0.267. The Balaban J connectivity index is 2.16. The maximum absolute atomic E-state index is 6.04. The number of benzene rings is 2. The van der Waals surface area contributed by atoms with Crippen molar-refractivity contribution in [3.63, 3.8) is 0 Å². The van der Waals surface area contributed by atoms with Gasteiger partial charge in [0.2, 0.25) is 0 Å². The van der Waals surface area contributed by atoms with Crippen LogP contribution in [0.3, 0.4) is 0 Å². The maximum atomic E-state index is 6.04. The zero-order chi connectivity index (χ0) is 18.3. The van der Waals surface area contributed by atoms with E-state index in [9.17, 15) is 0 Å². The van der Waals surface area contributed by atoms with E-state index in [2.05, 4.69) is 66.3 Å². The zero-order valence-corrected chi connectivity index (χ0v) is 17.2. The van der Waals surface area contributed by atoms with Crippen LogP contribution in [0.5, 0.6) is 11.5 Å². The summed E-state index contributed by atoms with van der Waals surface area (Å²) in [7, 11) is 0. The van der Waals surface area contributed by atoms with Crippen molar-refractivity contribution in [2.45, 2.75) is 52.8 Å². The average Bonchev–Trinajstić information content (AvgIpc) is 2.60. The molecule has 2 aromatic rings. The van der Waals surface area contributed by atoms with E-state index >= 15 is 0 Å². The van der Waals surface area contributed by atoms with Crippen molar-refractivity contribution < 1.29 is 9.47 Å². The summed E-state index contributed by atoms with van der Waals surface area (Å²) in [5, 5.41) is 3.58. The van der Waals surface area contributed by atoms with Crippen LogP contribution in [-0.4, -0.2) is 12.1 Å². The summed E-state index contributed by atoms with van der Waals surface area (Å²) in [6, 6.07) is 14.3. The standard InChI is InChI=1S/C21H28BrNO2/c1-5-21(3,4)23-14-17-12-18(22)20(19(13-17)24-6-2)25-15-16-10-8-7-9-11-16/h7-13,23H,5-6,14-15H2,1-4H3. The van der Waals surface area contributed by atoms with Crippen LogP contribution in [0.1, 0.15) is 45.2 Å². The Bertz CT molecular complexity index is 671. The van der Waals surface area contributed by atoms with Crippen LogP contribution in [0.15, 0.2) is 46.9 Å². The largest absolute Gasteiger partial charge is 0.490 e. The van der Waals surface area contributed by atoms with Gasteiger partial charge in [0.1, 0.15) is 6.61 Å². The van der Waals surface area contributed by atoms with E-state index in [-0.39, 0.29) is 5.54 Å². The molecule has 4 heteroatoms. The fourth-order valence-corrected chi connectivity index (χ4v) is 2.93. The van der Waals surface area contributed by atoms with Crippen LogP contribution < -0.4 is 14.8 Å². The van der Waals surface area contributed by atoms with Gasteiger partial charge in [0.15, 0.2) is 11.5 Å². The van der Waals surface area contributed by atoms with E-state index in [1.807, 2.05) is 25.1 Å². The second kappa shape index (κ2) is 9.25. The fourth-order valence-electron chi connectivity index (χ4n) is 2.32. The first-order valence-electron chi connectivity index (χ1n) is 8.82. The molecule has 136 valence electrons. The molecule has 0 bridgehead atoms. The SMILES string of the molecule is CCOc1cc(CNC(C)(C)CC)cc(Br)c1OCc1ccccc1. The Hall–Kier alpha value is -1.52. The quantitative estimate of drug-likeness (QED) is 0.579. The molecule has 0 aliphatic heterocycles. The number of hydrogen-bond donors (Lipinski definition) is 1. The minimum absolute atomic E-state index is 0.112. The molecule has 0 spiro atoms. The third-order valence-electron chi connectivity index (χ3n) is 4.25. The number of ether oxygens (including phenoxy) is 2. The molecule has 0 atom stereocenters. The first kappa shape index (κ1) is 19.8. The maximum Gasteiger partial charge on any atom is 0.175 e. The Morgan fingerprint density at radius 1 is 1.00 bits per heavy atom. The van der Waals surface area contributed by atoms with Gasteiger partial charge < -0.3 is 14.8 Å². The summed E-state index contributed by atoms with van der Waals surface area (Å²) < 4.78 is 12.8. The highest BCUT2D eigenvalue weighted by Crippen LogP contribution is 2.37. The normalized spacial score (nSPS) is 11.4. The van der Waals surface area contributed by atoms with Gasteiger partial charge in [0.05, 0.1) is 11.1 Å². The Labute approximate surface area is 159 Å². The summed E-state index contributed by atoms with van der Waals surface area (Å²) >= 11 is 3.65. The lowest BCUT2D eigenvalue weighted by Gasteiger charge is -2.25. The molecule has 0 heterocycles. The van der Waals surface area contributed by atoms with E-state index in [0.29, 0.717) is 13.2 Å². The monoisotopic (exact) mass is 405 g/mol. The van der Waals surface area contributed by atoms with Crippen molar-refractivity contribution in [3.8, 4) is 11.5 Å². The third-order valence-corrected chi connectivity index (χ3v) is 4.84. The highest BCUT2D eigenvalue weighted by molar-refractivity contribution is 9.10. The third kappa shape index (κ3) is 6.05. The second-order valence-corrected chi connectivity index (χ2v) is 7.56. The average molecular weight is 406 g/mol. The molecule has 0 radical (unpaired) electrons. The molecule has 0 unspecified atom stereocenters. The van der Waals surface area contributed by atoms with Gasteiger partial charge in [-0.15, -0.1) is 0 Å². The molecule has 2 rings (SSSR count). The number of nitrogens with one attached hydrogen (secondary N) is 1. The van der Waals surface area contributed by atoms with E-state index < -0.39 is 0 Å². The summed E-state index contributed by atoms with van der Waals surface area (Å²) in [5.74, 6) is 1.53. The van der Waals surface area contributed by atoms with Crippen LogP contribution in [-0.2, 0) is 13.2 Å². The van der Waals surface area contributed by atoms with Gasteiger partial charge in [-0.25, -0.2) is 0 Å². The first-order valence-corrected chi connectivity index (χ1v) is 9.61. The van der Waals surface area contributed by atoms with Crippen molar-refractivity contribution in [3.05, 3.63) is 58.1 Å². The van der Waals surface area contributed by atoms with Gasteiger partial charge in [-0.3, -0.25) is 0 Å². The van der Waals surface area contributed by atoms with Crippen molar-refractivity contribution >= 4 is 15.9 Å². The van der Waals surface area contributed by atoms with Crippen LogP contribution in [0.25, 0.3) is 0 Å². The molecule has 0 fully saturated rings. The molecular formula is C21H28BrNO2. The van der Waals surface area contributed by atoms with Gasteiger partial charge in [0.25, 0.3) is 0 Å². The number of hydrogen-bond acceptors (Lipinski definition) is 3. The molecule has 2 aromatic carbocycles. The van der Waals surface area contributed by atoms with Crippen molar-refractivity contribution in [2.24, 2.45) is 0 Å². The summed E-state index contributed by atoms with van der Waals surface area (Å²) in [5.41, 5.74) is 2.41. The van der Waals surface area contributed by atoms with E-state index in [1.165, 1.54) is 5.56 Å². The molecule has 0 aliphatic rings. The van der Waals surface area contributed by atoms with Crippen molar-refractivity contribution in [1.29, 1.82) is 0 Å². The summed E-state index contributed by atoms with van der Waals surface area (Å²) in [6.07, 6.45) is 1.07. The smallest absolute Gasteiger partial charge is 0.175 e. The molecule has 25 heavy (non-hydrogen) atoms. The predicted molar refractivity (Wildman–Crippen MR) is 107 cm³/mol. The van der Waals surface area contributed by atoms with E-state index in [1.54, 1.807) is 0 Å². The molecule has 3 nitrogen and oxygen atoms in total. The van der Waals surface area contributed by atoms with Gasteiger partial charge in [-0.2, -0.15) is 0 Å². The Kier molecular flexibility index (Phi) is 7.33. The van der Waals surface area contributed by atoms with Gasteiger partial charge in [0, 0.05) is 12.1 Å². The minimum atomic E-state index is 0.112. The van der Waals surface area contributed by atoms with E-state index in [4.69, 9.17) is 9.47 Å². The zero-order valence-electron chi connectivity index (χ0n) is 15.6. The first-order chi connectivity index (χ1) is 11.9. The lowest BCUT2D eigenvalue weighted by atomic mass is 10.0. The molecule has 0 amide bonds. The second-order valence-electron chi connectivity index (χ2n) is 6.70. The molecule has 0 aliphatic carbocycles. The van der Waals surface area contributed by atoms with Crippen molar-refractivity contribution in [2.75, 3.05) is 6.61 Å². The van der Waals surface area contributed by atoms with Crippen molar-refractivity contribution in [1.82, 2.24) is 5.32 Å². The Morgan fingerprint density at radius 2 is 1.72 bits per heavy atom. The Morgan fingerprint density at radius 3 is 2.36 bits per heavy atom. The molecule has 0 saturated carbocycles. The van der Waals surface area contributed by atoms with Crippen LogP contribution in [0, 0.1) is 0 Å². The van der Waals surface area contributed by atoms with Crippen LogP contribution >= 0.6 is 15.9 Å².